The van der Waals surface area contributed by atoms with Gasteiger partial charge in [-0.05, 0) is 5.53 Å². The molecular formula is C7H10F2N4O2. The second-order valence-corrected chi connectivity index (χ2v) is 3.31. The molecule has 1 atom stereocenters. The molecule has 1 aliphatic heterocycles. The van der Waals surface area contributed by atoms with Gasteiger partial charge < -0.3 is 10.0 Å². The minimum absolute atomic E-state index is 0.497. The Morgan fingerprint density at radius 1 is 1.73 bits per heavy atom. The van der Waals surface area contributed by atoms with Gasteiger partial charge in [0, 0.05) is 11.3 Å². The molecule has 0 aromatic heterocycles. The van der Waals surface area contributed by atoms with Gasteiger partial charge in [-0.2, -0.15) is 0 Å². The van der Waals surface area contributed by atoms with Crippen molar-refractivity contribution in [3.05, 3.63) is 10.4 Å². The lowest BCUT2D eigenvalue weighted by Gasteiger charge is -2.21. The Kier molecular flexibility index (Phi) is 3.43. The first-order chi connectivity index (χ1) is 7.00. The van der Waals surface area contributed by atoms with Crippen molar-refractivity contribution in [2.24, 2.45) is 5.11 Å². The predicted octanol–water partition coefficient (Wildman–Crippen LogP) is 0.525. The minimum atomic E-state index is -2.97. The van der Waals surface area contributed by atoms with Crippen LogP contribution in [0.3, 0.4) is 0 Å². The van der Waals surface area contributed by atoms with Crippen LogP contribution in [0, 0.1) is 0 Å². The third-order valence-electron chi connectivity index (χ3n) is 2.18. The third-order valence-corrected chi connectivity index (χ3v) is 2.18. The Morgan fingerprint density at radius 3 is 2.93 bits per heavy atom. The number of likely N-dealkylation sites (tertiary alicyclic amines) is 1. The molecule has 1 amide bonds. The van der Waals surface area contributed by atoms with E-state index in [2.05, 4.69) is 10.0 Å². The van der Waals surface area contributed by atoms with Crippen LogP contribution in [0.5, 0.6) is 0 Å². The maximum Gasteiger partial charge on any atom is 0.267 e. The van der Waals surface area contributed by atoms with Crippen molar-refractivity contribution in [2.45, 2.75) is 18.4 Å². The molecule has 0 radical (unpaired) electrons. The Hall–Kier alpha value is -1.40. The topological polar surface area (TPSA) is 89.3 Å². The average Bonchev–Trinajstić information content (AvgIpc) is 2.50. The molecule has 1 aliphatic rings. The Bertz CT molecular complexity index is 303. The zero-order valence-electron chi connectivity index (χ0n) is 7.81. The highest BCUT2D eigenvalue weighted by atomic mass is 19.3. The van der Waals surface area contributed by atoms with Gasteiger partial charge >= 0.3 is 0 Å². The fourth-order valence-electron chi connectivity index (χ4n) is 1.54. The van der Waals surface area contributed by atoms with Gasteiger partial charge in [0.1, 0.15) is 6.54 Å². The minimum Gasteiger partial charge on any atom is -0.394 e. The zero-order valence-corrected chi connectivity index (χ0v) is 7.81. The van der Waals surface area contributed by atoms with E-state index in [0.29, 0.717) is 0 Å². The highest BCUT2D eigenvalue weighted by Gasteiger charge is 2.46. The second kappa shape index (κ2) is 4.41. The van der Waals surface area contributed by atoms with Gasteiger partial charge in [-0.25, -0.2) is 8.78 Å². The maximum atomic E-state index is 12.9. The SMILES string of the molecule is [N-]=[N+]=NCC(=O)N1CC(F)(F)C[C@H]1CO. The summed E-state index contributed by atoms with van der Waals surface area (Å²) in [6.45, 7) is -1.74. The summed E-state index contributed by atoms with van der Waals surface area (Å²) in [6.07, 6.45) is -0.550. The molecule has 15 heavy (non-hydrogen) atoms. The lowest BCUT2D eigenvalue weighted by atomic mass is 10.2. The molecule has 0 aromatic rings. The van der Waals surface area contributed by atoms with Gasteiger partial charge in [0.25, 0.3) is 5.92 Å². The van der Waals surface area contributed by atoms with Gasteiger partial charge in [-0.3, -0.25) is 4.79 Å². The summed E-state index contributed by atoms with van der Waals surface area (Å²) < 4.78 is 25.8. The van der Waals surface area contributed by atoms with Crippen LogP contribution in [-0.2, 0) is 4.79 Å². The molecule has 0 aliphatic carbocycles. The molecule has 8 heteroatoms. The van der Waals surface area contributed by atoms with E-state index in [1.807, 2.05) is 0 Å². The molecule has 0 unspecified atom stereocenters. The molecule has 0 saturated carbocycles. The van der Waals surface area contributed by atoms with Crippen LogP contribution in [0.1, 0.15) is 6.42 Å². The first-order valence-electron chi connectivity index (χ1n) is 4.29. The predicted molar refractivity (Wildman–Crippen MR) is 46.2 cm³/mol. The Balaban J connectivity index is 2.67. The number of carbonyl (C=O) groups is 1. The van der Waals surface area contributed by atoms with Gasteiger partial charge in [0.15, 0.2) is 0 Å². The van der Waals surface area contributed by atoms with Crippen LogP contribution in [-0.4, -0.2) is 47.6 Å². The largest absolute Gasteiger partial charge is 0.394 e. The van der Waals surface area contributed by atoms with Crippen molar-refractivity contribution in [2.75, 3.05) is 19.7 Å². The molecule has 6 nitrogen and oxygen atoms in total. The maximum absolute atomic E-state index is 12.9. The van der Waals surface area contributed by atoms with E-state index < -0.39 is 44.0 Å². The van der Waals surface area contributed by atoms with E-state index in [1.165, 1.54) is 0 Å². The van der Waals surface area contributed by atoms with Gasteiger partial charge in [0.05, 0.1) is 19.2 Å². The monoisotopic (exact) mass is 220 g/mol. The van der Waals surface area contributed by atoms with Crippen LogP contribution in [0.15, 0.2) is 5.11 Å². The Labute approximate surface area is 84.1 Å². The van der Waals surface area contributed by atoms with Crippen molar-refractivity contribution in [3.8, 4) is 0 Å². The number of hydrogen-bond donors (Lipinski definition) is 1. The standard InChI is InChI=1S/C7H10F2N4O2/c8-7(9)1-5(3-14)13(4-7)6(15)2-11-12-10/h5,14H,1-4H2/t5-/m0/s1. The summed E-state index contributed by atoms with van der Waals surface area (Å²) in [5.74, 6) is -3.66. The van der Waals surface area contributed by atoms with Crippen molar-refractivity contribution >= 4 is 5.91 Å². The number of aliphatic hydroxyl groups is 1. The van der Waals surface area contributed by atoms with Gasteiger partial charge in [0.2, 0.25) is 5.91 Å². The molecule has 0 aromatic carbocycles. The summed E-state index contributed by atoms with van der Waals surface area (Å²) in [5, 5.41) is 11.8. The van der Waals surface area contributed by atoms with E-state index in [4.69, 9.17) is 10.6 Å². The lowest BCUT2D eigenvalue weighted by Crippen LogP contribution is -2.39. The first kappa shape index (κ1) is 11.7. The van der Waals surface area contributed by atoms with Crippen molar-refractivity contribution in [1.82, 2.24) is 4.90 Å². The average molecular weight is 220 g/mol. The van der Waals surface area contributed by atoms with E-state index in [0.717, 1.165) is 4.90 Å². The van der Waals surface area contributed by atoms with E-state index in [-0.39, 0.29) is 0 Å². The number of carbonyl (C=O) groups excluding carboxylic acids is 1. The number of alkyl halides is 2. The number of aliphatic hydroxyl groups excluding tert-OH is 1. The van der Waals surface area contributed by atoms with Gasteiger partial charge in [-0.15, -0.1) is 0 Å². The number of azide groups is 1. The number of amides is 1. The van der Waals surface area contributed by atoms with Crippen LogP contribution in [0.25, 0.3) is 10.4 Å². The van der Waals surface area contributed by atoms with Crippen LogP contribution < -0.4 is 0 Å². The highest BCUT2D eigenvalue weighted by Crippen LogP contribution is 2.31. The smallest absolute Gasteiger partial charge is 0.267 e. The molecule has 1 saturated heterocycles. The number of halogens is 2. The molecule has 0 spiro atoms. The molecule has 0 bridgehead atoms. The van der Waals surface area contributed by atoms with E-state index >= 15 is 0 Å². The molecule has 1 fully saturated rings. The van der Waals surface area contributed by atoms with Crippen LogP contribution in [0.2, 0.25) is 0 Å². The fraction of sp³-hybridized carbons (Fsp3) is 0.857. The summed E-state index contributed by atoms with van der Waals surface area (Å²) in [6, 6.07) is -0.888. The first-order valence-corrected chi connectivity index (χ1v) is 4.29. The number of nitrogens with zero attached hydrogens (tertiary/aromatic N) is 4. The summed E-state index contributed by atoms with van der Waals surface area (Å²) in [4.78, 5) is 14.5. The quantitative estimate of drug-likeness (QED) is 0.427. The highest BCUT2D eigenvalue weighted by molar-refractivity contribution is 5.79. The number of hydrogen-bond acceptors (Lipinski definition) is 3. The Morgan fingerprint density at radius 2 is 2.40 bits per heavy atom. The van der Waals surface area contributed by atoms with Gasteiger partial charge in [-0.1, -0.05) is 5.11 Å². The number of rotatable bonds is 3. The van der Waals surface area contributed by atoms with Crippen molar-refractivity contribution < 1.29 is 18.7 Å². The fourth-order valence-corrected chi connectivity index (χ4v) is 1.54. The van der Waals surface area contributed by atoms with Crippen LogP contribution in [0.4, 0.5) is 8.78 Å². The second-order valence-electron chi connectivity index (χ2n) is 3.31. The van der Waals surface area contributed by atoms with Crippen molar-refractivity contribution in [3.63, 3.8) is 0 Å². The molecule has 1 N–H and O–H groups in total. The molecule has 1 heterocycles. The summed E-state index contributed by atoms with van der Waals surface area (Å²) in [7, 11) is 0. The zero-order chi connectivity index (χ0) is 11.5. The van der Waals surface area contributed by atoms with Crippen LogP contribution >= 0.6 is 0 Å². The van der Waals surface area contributed by atoms with E-state index in [1.54, 1.807) is 0 Å². The molecule has 1 rings (SSSR count). The molecule has 84 valence electrons. The normalized spacial score (nSPS) is 23.7. The molecular weight excluding hydrogens is 210 g/mol. The summed E-state index contributed by atoms with van der Waals surface area (Å²) in [5.41, 5.74) is 7.97. The summed E-state index contributed by atoms with van der Waals surface area (Å²) >= 11 is 0. The third kappa shape index (κ3) is 2.77. The lowest BCUT2D eigenvalue weighted by molar-refractivity contribution is -0.132. The van der Waals surface area contributed by atoms with E-state index in [9.17, 15) is 13.6 Å². The van der Waals surface area contributed by atoms with Crippen molar-refractivity contribution in [1.29, 1.82) is 0 Å².